The van der Waals surface area contributed by atoms with Crippen LogP contribution in [0.25, 0.3) is 0 Å². The van der Waals surface area contributed by atoms with Gasteiger partial charge in [-0.2, -0.15) is 11.8 Å². The largest absolute Gasteiger partial charge is 0.481 e. The molecular weight excluding hydrogens is 426 g/mol. The number of unbranched alkanes of at least 4 members (excludes halogenated alkanes) is 2. The third-order valence-corrected chi connectivity index (χ3v) is 6.85. The number of carboxylic acid groups (broad SMARTS) is 2. The summed E-state index contributed by atoms with van der Waals surface area (Å²) in [6, 6.07) is -0.588. The Morgan fingerprint density at radius 3 is 2.39 bits per heavy atom. The number of fused-ring (bicyclic) bond motifs is 1. The maximum atomic E-state index is 11.2. The van der Waals surface area contributed by atoms with Gasteiger partial charge in [0.25, 0.3) is 11.8 Å². The molecule has 0 spiro atoms. The highest BCUT2D eigenvalue weighted by molar-refractivity contribution is 8.00. The Morgan fingerprint density at radius 2 is 1.81 bits per heavy atom. The molecule has 0 aromatic heterocycles. The first-order valence-corrected chi connectivity index (χ1v) is 11.5. The number of rotatable bonds is 10. The normalized spacial score (nSPS) is 24.9. The lowest BCUT2D eigenvalue weighted by atomic mass is 10.0. The van der Waals surface area contributed by atoms with Crippen molar-refractivity contribution >= 4 is 41.5 Å². The Bertz CT molecular complexity index is 724. The lowest BCUT2D eigenvalue weighted by Crippen LogP contribution is -2.44. The molecule has 4 N–H and O–H groups in total. The van der Waals surface area contributed by atoms with E-state index in [9.17, 15) is 24.0 Å². The second-order valence-electron chi connectivity index (χ2n) is 7.64. The first-order valence-electron chi connectivity index (χ1n) is 10.4. The highest BCUT2D eigenvalue weighted by Crippen LogP contribution is 2.33. The Kier molecular flexibility index (Phi) is 9.35. The Balaban J connectivity index is 0.000000221. The molecule has 3 rings (SSSR count). The van der Waals surface area contributed by atoms with Crippen LogP contribution in [0.5, 0.6) is 0 Å². The fourth-order valence-corrected chi connectivity index (χ4v) is 5.29. The molecule has 0 saturated carbocycles. The first kappa shape index (κ1) is 24.7. The Hall–Kier alpha value is -2.56. The van der Waals surface area contributed by atoms with Gasteiger partial charge in [0, 0.05) is 29.6 Å². The molecule has 2 fully saturated rings. The van der Waals surface area contributed by atoms with Gasteiger partial charge in [0.15, 0.2) is 0 Å². The van der Waals surface area contributed by atoms with Crippen LogP contribution >= 0.6 is 11.8 Å². The van der Waals surface area contributed by atoms with E-state index in [4.69, 9.17) is 10.2 Å². The third kappa shape index (κ3) is 6.98. The summed E-state index contributed by atoms with van der Waals surface area (Å²) < 4.78 is 0. The number of hydrogen-bond acceptors (Lipinski definition) is 6. The topological polar surface area (TPSA) is 153 Å². The van der Waals surface area contributed by atoms with Crippen molar-refractivity contribution in [1.29, 1.82) is 0 Å². The molecule has 1 unspecified atom stereocenters. The molecule has 0 radical (unpaired) electrons. The molecule has 0 aliphatic carbocycles. The molecule has 10 nitrogen and oxygen atoms in total. The van der Waals surface area contributed by atoms with Crippen LogP contribution in [0.4, 0.5) is 4.79 Å². The molecular formula is C20H29N3O7S. The van der Waals surface area contributed by atoms with Gasteiger partial charge in [0.1, 0.15) is 6.04 Å². The number of carbonyl (C=O) groups is 5. The maximum Gasteiger partial charge on any atom is 0.326 e. The highest BCUT2D eigenvalue weighted by Gasteiger charge is 2.42. The van der Waals surface area contributed by atoms with E-state index < -0.39 is 29.8 Å². The average molecular weight is 456 g/mol. The Labute approximate surface area is 184 Å². The molecule has 4 amide bonds. The zero-order chi connectivity index (χ0) is 23.0. The predicted octanol–water partition coefficient (Wildman–Crippen LogP) is 1.35. The zero-order valence-corrected chi connectivity index (χ0v) is 18.2. The summed E-state index contributed by atoms with van der Waals surface area (Å²) in [7, 11) is 0. The van der Waals surface area contributed by atoms with Crippen LogP contribution in [-0.2, 0) is 19.2 Å². The minimum Gasteiger partial charge on any atom is -0.481 e. The number of amides is 4. The van der Waals surface area contributed by atoms with Gasteiger partial charge >= 0.3 is 18.0 Å². The Morgan fingerprint density at radius 1 is 1.13 bits per heavy atom. The number of aliphatic carboxylic acids is 2. The van der Waals surface area contributed by atoms with Gasteiger partial charge in [-0.05, 0) is 19.3 Å². The first-order chi connectivity index (χ1) is 14.7. The lowest BCUT2D eigenvalue weighted by Gasteiger charge is -2.21. The molecule has 3 aliphatic heterocycles. The van der Waals surface area contributed by atoms with Gasteiger partial charge in [0.05, 0.1) is 12.1 Å². The predicted molar refractivity (Wildman–Crippen MR) is 114 cm³/mol. The van der Waals surface area contributed by atoms with E-state index in [1.54, 1.807) is 0 Å². The number of thioether (sulfide) groups is 1. The molecule has 4 atom stereocenters. The highest BCUT2D eigenvalue weighted by atomic mass is 32.2. The van der Waals surface area contributed by atoms with Crippen molar-refractivity contribution in [2.45, 2.75) is 75.2 Å². The van der Waals surface area contributed by atoms with E-state index >= 15 is 0 Å². The molecule has 0 bridgehead atoms. The van der Waals surface area contributed by atoms with Crippen LogP contribution in [0.3, 0.4) is 0 Å². The lowest BCUT2D eigenvalue weighted by molar-refractivity contribution is -0.153. The summed E-state index contributed by atoms with van der Waals surface area (Å²) in [6.45, 7) is 1.92. The summed E-state index contributed by atoms with van der Waals surface area (Å²) in [5.41, 5.74) is 0. The SMILES string of the molecule is CCCCC(C(=O)O)N1C(=O)C=CC1=O.O=C(O)CCCC[C@@H]1SC[C@@H]2NC(=O)N[C@@H]21. The van der Waals surface area contributed by atoms with E-state index in [-0.39, 0.29) is 24.5 Å². The van der Waals surface area contributed by atoms with Crippen LogP contribution in [0.2, 0.25) is 0 Å². The van der Waals surface area contributed by atoms with Crippen molar-refractivity contribution in [3.8, 4) is 0 Å². The van der Waals surface area contributed by atoms with Crippen molar-refractivity contribution in [3.63, 3.8) is 0 Å². The van der Waals surface area contributed by atoms with E-state index in [1.807, 2.05) is 18.7 Å². The number of hydrogen-bond donors (Lipinski definition) is 4. The average Bonchev–Trinajstić information content (AvgIpc) is 3.35. The summed E-state index contributed by atoms with van der Waals surface area (Å²) in [5.74, 6) is -1.97. The third-order valence-electron chi connectivity index (χ3n) is 5.34. The molecule has 3 aliphatic rings. The number of imide groups is 1. The minimum atomic E-state index is -1.13. The molecule has 0 aromatic rings. The maximum absolute atomic E-state index is 11.2. The van der Waals surface area contributed by atoms with E-state index in [1.165, 1.54) is 0 Å². The van der Waals surface area contributed by atoms with Crippen molar-refractivity contribution < 1.29 is 34.2 Å². The van der Waals surface area contributed by atoms with Crippen molar-refractivity contribution in [2.75, 3.05) is 5.75 Å². The van der Waals surface area contributed by atoms with Gasteiger partial charge in [-0.1, -0.05) is 26.2 Å². The van der Waals surface area contributed by atoms with Crippen LogP contribution < -0.4 is 10.6 Å². The van der Waals surface area contributed by atoms with Gasteiger partial charge in [-0.25, -0.2) is 9.59 Å². The molecule has 172 valence electrons. The smallest absolute Gasteiger partial charge is 0.326 e. The van der Waals surface area contributed by atoms with E-state index in [0.717, 1.165) is 48.5 Å². The standard InChI is InChI=1S/C10H16N2O3S.C10H13NO4/c13-8(14)4-2-1-3-7-9-6(5-16-7)11-10(15)12-9;1-2-3-4-7(10(14)15)11-8(12)5-6-9(11)13/h6-7,9H,1-5H2,(H,13,14)(H2,11,12,15);5-7H,2-4H2,1H3,(H,14,15)/t6-,7-,9-;/m0./s1. The number of nitrogens with zero attached hydrogens (tertiary/aromatic N) is 1. The van der Waals surface area contributed by atoms with Crippen molar-refractivity contribution in [1.82, 2.24) is 15.5 Å². The monoisotopic (exact) mass is 455 g/mol. The minimum absolute atomic E-state index is 0.0640. The molecule has 3 heterocycles. The quantitative estimate of drug-likeness (QED) is 0.219. The van der Waals surface area contributed by atoms with E-state index in [0.29, 0.717) is 18.1 Å². The van der Waals surface area contributed by atoms with Crippen LogP contribution in [0.1, 0.15) is 51.9 Å². The summed E-state index contributed by atoms with van der Waals surface area (Å²) >= 11 is 1.87. The second-order valence-corrected chi connectivity index (χ2v) is 8.91. The number of carbonyl (C=O) groups excluding carboxylic acids is 3. The van der Waals surface area contributed by atoms with Gasteiger partial charge in [-0.15, -0.1) is 0 Å². The zero-order valence-electron chi connectivity index (χ0n) is 17.4. The summed E-state index contributed by atoms with van der Waals surface area (Å²) in [4.78, 5) is 55.7. The molecule has 11 heteroatoms. The number of nitrogens with one attached hydrogen (secondary N) is 2. The fourth-order valence-electron chi connectivity index (χ4n) is 3.74. The number of carboxylic acids is 2. The van der Waals surface area contributed by atoms with Crippen LogP contribution in [0.15, 0.2) is 12.2 Å². The van der Waals surface area contributed by atoms with Gasteiger partial charge in [0.2, 0.25) is 0 Å². The van der Waals surface area contributed by atoms with Gasteiger partial charge < -0.3 is 20.8 Å². The fraction of sp³-hybridized carbons (Fsp3) is 0.650. The summed E-state index contributed by atoms with van der Waals surface area (Å²) in [5, 5.41) is 23.7. The van der Waals surface area contributed by atoms with Gasteiger partial charge in [-0.3, -0.25) is 19.3 Å². The molecule has 0 aromatic carbocycles. The van der Waals surface area contributed by atoms with Crippen molar-refractivity contribution in [2.24, 2.45) is 0 Å². The molecule has 31 heavy (non-hydrogen) atoms. The second kappa shape index (κ2) is 11.7. The molecule has 2 saturated heterocycles. The number of urea groups is 1. The van der Waals surface area contributed by atoms with Crippen LogP contribution in [0, 0.1) is 0 Å². The van der Waals surface area contributed by atoms with Crippen LogP contribution in [-0.4, -0.2) is 74.0 Å². The van der Waals surface area contributed by atoms with E-state index in [2.05, 4.69) is 10.6 Å². The summed E-state index contributed by atoms with van der Waals surface area (Å²) in [6.07, 6.45) is 6.90. The van der Waals surface area contributed by atoms with Crippen molar-refractivity contribution in [3.05, 3.63) is 12.2 Å².